The van der Waals surface area contributed by atoms with E-state index in [-0.39, 0.29) is 0 Å². The lowest BCUT2D eigenvalue weighted by molar-refractivity contribution is 0.0424. The summed E-state index contributed by atoms with van der Waals surface area (Å²) >= 11 is 0. The molecule has 0 bridgehead atoms. The van der Waals surface area contributed by atoms with Gasteiger partial charge in [-0.1, -0.05) is 6.42 Å². The number of furan rings is 1. The smallest absolute Gasteiger partial charge is 0.118 e. The topological polar surface area (TPSA) is 31.6 Å². The van der Waals surface area contributed by atoms with E-state index in [0.717, 1.165) is 36.7 Å². The molecule has 0 amide bonds. The second-order valence-electron chi connectivity index (χ2n) is 6.94. The van der Waals surface area contributed by atoms with Crippen LogP contribution in [0.2, 0.25) is 0 Å². The molecule has 2 aliphatic heterocycles. The summed E-state index contributed by atoms with van der Waals surface area (Å²) in [6.07, 6.45) is 6.85. The molecule has 1 unspecified atom stereocenters. The highest BCUT2D eigenvalue weighted by Gasteiger charge is 2.29. The number of hydrogen-bond donors (Lipinski definition) is 1. The summed E-state index contributed by atoms with van der Waals surface area (Å²) in [6, 6.07) is 5.84. The summed E-state index contributed by atoms with van der Waals surface area (Å²) in [5, 5.41) is 3.51. The molecular formula is C17H27N3O. The lowest BCUT2D eigenvalue weighted by Gasteiger charge is -2.43. The van der Waals surface area contributed by atoms with Crippen LogP contribution in [-0.2, 0) is 13.1 Å². The Hall–Kier alpha value is -0.840. The van der Waals surface area contributed by atoms with Crippen molar-refractivity contribution in [3.63, 3.8) is 0 Å². The van der Waals surface area contributed by atoms with Crippen molar-refractivity contribution in [1.29, 1.82) is 0 Å². The maximum absolute atomic E-state index is 5.98. The maximum atomic E-state index is 5.98. The summed E-state index contributed by atoms with van der Waals surface area (Å²) in [5.74, 6) is 2.22. The number of hydrogen-bond acceptors (Lipinski definition) is 4. The Balaban J connectivity index is 1.29. The van der Waals surface area contributed by atoms with E-state index in [1.807, 2.05) is 0 Å². The van der Waals surface area contributed by atoms with Gasteiger partial charge in [0.2, 0.25) is 0 Å². The molecule has 0 radical (unpaired) electrons. The summed E-state index contributed by atoms with van der Waals surface area (Å²) in [6.45, 7) is 6.83. The largest absolute Gasteiger partial charge is 0.463 e. The normalized spacial score (nSPS) is 27.7. The van der Waals surface area contributed by atoms with Crippen LogP contribution in [0.15, 0.2) is 16.5 Å². The van der Waals surface area contributed by atoms with Crippen LogP contribution in [0.3, 0.4) is 0 Å². The van der Waals surface area contributed by atoms with Crippen molar-refractivity contribution in [2.45, 2.75) is 57.3 Å². The Morgan fingerprint density at radius 2 is 1.95 bits per heavy atom. The van der Waals surface area contributed by atoms with Gasteiger partial charge in [0.15, 0.2) is 0 Å². The third-order valence-electron chi connectivity index (χ3n) is 5.16. The van der Waals surface area contributed by atoms with E-state index in [1.165, 1.54) is 58.3 Å². The van der Waals surface area contributed by atoms with Gasteiger partial charge < -0.3 is 9.73 Å². The molecule has 3 aliphatic rings. The molecular weight excluding hydrogens is 262 g/mol. The van der Waals surface area contributed by atoms with E-state index in [9.17, 15) is 0 Å². The van der Waals surface area contributed by atoms with Crippen molar-refractivity contribution in [2.24, 2.45) is 0 Å². The van der Waals surface area contributed by atoms with Gasteiger partial charge in [0.1, 0.15) is 11.5 Å². The first-order valence-electron chi connectivity index (χ1n) is 8.64. The zero-order valence-electron chi connectivity index (χ0n) is 12.9. The Morgan fingerprint density at radius 1 is 1.05 bits per heavy atom. The average Bonchev–Trinajstić information content (AvgIpc) is 3.25. The van der Waals surface area contributed by atoms with Crippen molar-refractivity contribution in [1.82, 2.24) is 15.1 Å². The fraction of sp³-hybridized carbons (Fsp3) is 0.765. The minimum atomic E-state index is 0.748. The zero-order valence-corrected chi connectivity index (χ0v) is 12.9. The molecule has 1 aromatic rings. The molecule has 21 heavy (non-hydrogen) atoms. The third-order valence-corrected chi connectivity index (χ3v) is 5.16. The molecule has 4 nitrogen and oxygen atoms in total. The van der Waals surface area contributed by atoms with E-state index in [4.69, 9.17) is 4.42 Å². The van der Waals surface area contributed by atoms with Crippen LogP contribution in [0.1, 0.15) is 43.6 Å². The van der Waals surface area contributed by atoms with Crippen LogP contribution in [0.25, 0.3) is 0 Å². The lowest BCUT2D eigenvalue weighted by Crippen LogP contribution is -2.54. The van der Waals surface area contributed by atoms with Crippen LogP contribution >= 0.6 is 0 Å². The molecule has 1 aliphatic carbocycles. The lowest BCUT2D eigenvalue weighted by atomic mass is 9.99. The molecule has 3 heterocycles. The Bertz CT molecular complexity index is 468. The van der Waals surface area contributed by atoms with Gasteiger partial charge in [-0.2, -0.15) is 0 Å². The first-order valence-corrected chi connectivity index (χ1v) is 8.64. The molecule has 0 spiro atoms. The fourth-order valence-corrected chi connectivity index (χ4v) is 3.72. The highest BCUT2D eigenvalue weighted by Crippen LogP contribution is 2.23. The van der Waals surface area contributed by atoms with Crippen molar-refractivity contribution < 1.29 is 4.42 Å². The first-order chi connectivity index (χ1) is 10.4. The van der Waals surface area contributed by atoms with Gasteiger partial charge in [-0.25, -0.2) is 0 Å². The molecule has 2 saturated heterocycles. The predicted octanol–water partition coefficient (Wildman–Crippen LogP) is 2.20. The molecule has 116 valence electrons. The number of rotatable bonds is 5. The second kappa shape index (κ2) is 6.11. The van der Waals surface area contributed by atoms with Gasteiger partial charge in [0, 0.05) is 31.7 Å². The molecule has 1 saturated carbocycles. The molecule has 4 rings (SSSR count). The first kappa shape index (κ1) is 13.8. The van der Waals surface area contributed by atoms with Gasteiger partial charge in [0.25, 0.3) is 0 Å². The Morgan fingerprint density at radius 3 is 2.86 bits per heavy atom. The van der Waals surface area contributed by atoms with Crippen LogP contribution < -0.4 is 5.32 Å². The van der Waals surface area contributed by atoms with Crippen LogP contribution in [0.5, 0.6) is 0 Å². The molecule has 0 aromatic carbocycles. The number of nitrogens with zero attached hydrogens (tertiary/aromatic N) is 2. The monoisotopic (exact) mass is 289 g/mol. The molecule has 1 N–H and O–H groups in total. The Labute approximate surface area is 127 Å². The minimum Gasteiger partial charge on any atom is -0.463 e. The zero-order chi connectivity index (χ0) is 14.1. The fourth-order valence-electron chi connectivity index (χ4n) is 3.72. The SMILES string of the molecule is c1cc(CN2CCN3CCCCC3C2)oc1CNC1CC1. The van der Waals surface area contributed by atoms with E-state index in [0.29, 0.717) is 0 Å². The van der Waals surface area contributed by atoms with E-state index in [1.54, 1.807) is 0 Å². The standard InChI is InChI=1S/C17H27N3O/c1-2-8-20-10-9-19(12-15(20)3-1)13-17-7-6-16(21-17)11-18-14-4-5-14/h6-7,14-15,18H,1-5,8-13H2. The molecule has 1 aromatic heterocycles. The van der Waals surface area contributed by atoms with Gasteiger partial charge in [-0.3, -0.25) is 9.80 Å². The van der Waals surface area contributed by atoms with E-state index < -0.39 is 0 Å². The summed E-state index contributed by atoms with van der Waals surface area (Å²) in [4.78, 5) is 5.26. The summed E-state index contributed by atoms with van der Waals surface area (Å²) < 4.78 is 5.98. The second-order valence-corrected chi connectivity index (χ2v) is 6.94. The third kappa shape index (κ3) is 3.50. The van der Waals surface area contributed by atoms with Crippen LogP contribution in [0, 0.1) is 0 Å². The van der Waals surface area contributed by atoms with E-state index in [2.05, 4.69) is 27.2 Å². The predicted molar refractivity (Wildman–Crippen MR) is 83.1 cm³/mol. The molecule has 4 heteroatoms. The number of nitrogens with one attached hydrogen (secondary N) is 1. The van der Waals surface area contributed by atoms with Crippen molar-refractivity contribution in [3.05, 3.63) is 23.7 Å². The van der Waals surface area contributed by atoms with Crippen molar-refractivity contribution in [3.8, 4) is 0 Å². The summed E-state index contributed by atoms with van der Waals surface area (Å²) in [5.41, 5.74) is 0. The van der Waals surface area contributed by atoms with Crippen LogP contribution in [-0.4, -0.2) is 48.1 Å². The number of piperazine rings is 1. The number of fused-ring (bicyclic) bond motifs is 1. The maximum Gasteiger partial charge on any atom is 0.118 e. The highest BCUT2D eigenvalue weighted by molar-refractivity contribution is 5.08. The van der Waals surface area contributed by atoms with Crippen molar-refractivity contribution in [2.75, 3.05) is 26.2 Å². The minimum absolute atomic E-state index is 0.748. The summed E-state index contributed by atoms with van der Waals surface area (Å²) in [7, 11) is 0. The van der Waals surface area contributed by atoms with Gasteiger partial charge >= 0.3 is 0 Å². The Kier molecular flexibility index (Phi) is 4.01. The number of piperidine rings is 1. The van der Waals surface area contributed by atoms with Crippen LogP contribution in [0.4, 0.5) is 0 Å². The molecule has 1 atom stereocenters. The quantitative estimate of drug-likeness (QED) is 0.900. The average molecular weight is 289 g/mol. The van der Waals surface area contributed by atoms with Gasteiger partial charge in [-0.15, -0.1) is 0 Å². The molecule has 3 fully saturated rings. The van der Waals surface area contributed by atoms with Crippen molar-refractivity contribution >= 4 is 0 Å². The highest BCUT2D eigenvalue weighted by atomic mass is 16.3. The van der Waals surface area contributed by atoms with Gasteiger partial charge in [-0.05, 0) is 44.4 Å². The van der Waals surface area contributed by atoms with Gasteiger partial charge in [0.05, 0.1) is 13.1 Å². The van der Waals surface area contributed by atoms with E-state index >= 15 is 0 Å².